The van der Waals surface area contributed by atoms with Crippen LogP contribution in [-0.4, -0.2) is 28.9 Å². The molecule has 0 fully saturated rings. The summed E-state index contributed by atoms with van der Waals surface area (Å²) in [5.41, 5.74) is 2.98. The highest BCUT2D eigenvalue weighted by molar-refractivity contribution is 6.43. The molecule has 0 spiro atoms. The molecular formula is C17H13ClFN3O. The summed E-state index contributed by atoms with van der Waals surface area (Å²) in [6, 6.07) is 11.6. The van der Waals surface area contributed by atoms with Gasteiger partial charge in [-0.05, 0) is 37.3 Å². The van der Waals surface area contributed by atoms with Gasteiger partial charge in [-0.3, -0.25) is 4.99 Å². The molecule has 0 bridgehead atoms. The molecule has 0 saturated carbocycles. The molecule has 2 aromatic rings. The van der Waals surface area contributed by atoms with Gasteiger partial charge in [0.2, 0.25) is 0 Å². The normalized spacial score (nSPS) is 14.7. The van der Waals surface area contributed by atoms with Gasteiger partial charge in [0.25, 0.3) is 0 Å². The lowest BCUT2D eigenvalue weighted by Crippen LogP contribution is -2.14. The number of halogens is 2. The van der Waals surface area contributed by atoms with E-state index in [1.807, 2.05) is 0 Å². The third-order valence-electron chi connectivity index (χ3n) is 3.55. The highest BCUT2D eigenvalue weighted by Gasteiger charge is 2.20. The Morgan fingerprint density at radius 3 is 2.74 bits per heavy atom. The van der Waals surface area contributed by atoms with Crippen molar-refractivity contribution in [3.05, 3.63) is 64.4 Å². The number of nitrogens with zero attached hydrogens (tertiary/aromatic N) is 3. The first kappa shape index (κ1) is 15.4. The van der Waals surface area contributed by atoms with Crippen molar-refractivity contribution in [2.75, 3.05) is 6.54 Å². The third-order valence-corrected chi connectivity index (χ3v) is 3.79. The first-order valence-corrected chi connectivity index (χ1v) is 7.34. The van der Waals surface area contributed by atoms with Gasteiger partial charge in [-0.15, -0.1) is 0 Å². The van der Waals surface area contributed by atoms with E-state index in [4.69, 9.17) is 16.8 Å². The number of oxime groups is 1. The van der Waals surface area contributed by atoms with Crippen molar-refractivity contribution in [2.24, 2.45) is 15.1 Å². The van der Waals surface area contributed by atoms with Gasteiger partial charge in [0.1, 0.15) is 5.82 Å². The van der Waals surface area contributed by atoms with Crippen LogP contribution in [0.4, 0.5) is 10.1 Å². The van der Waals surface area contributed by atoms with Crippen molar-refractivity contribution in [1.29, 1.82) is 0 Å². The van der Waals surface area contributed by atoms with E-state index in [0.29, 0.717) is 39.0 Å². The van der Waals surface area contributed by atoms with Crippen LogP contribution in [0.15, 0.2) is 57.6 Å². The lowest BCUT2D eigenvalue weighted by molar-refractivity contribution is 0.320. The summed E-state index contributed by atoms with van der Waals surface area (Å²) in [5.74, 6) is -0.367. The fraction of sp³-hybridized carbons (Fsp3) is 0.118. The average molecular weight is 330 g/mol. The van der Waals surface area contributed by atoms with Crippen LogP contribution < -0.4 is 0 Å². The van der Waals surface area contributed by atoms with Crippen LogP contribution in [0.2, 0.25) is 5.02 Å². The molecule has 0 aliphatic carbocycles. The number of fused-ring (bicyclic) bond motifs is 1. The lowest BCUT2D eigenvalue weighted by Gasteiger charge is -2.09. The fourth-order valence-electron chi connectivity index (χ4n) is 2.35. The van der Waals surface area contributed by atoms with Gasteiger partial charge < -0.3 is 5.21 Å². The standard InChI is InChI=1S/C17H13ClFN3O/c1-10(22-23)16-9-20-17(12-4-2-3-5-14(12)19)13-8-11(18)6-7-15(13)21-16/h2-8,23H,9H2,1H3. The molecule has 1 aliphatic rings. The molecule has 2 aromatic carbocycles. The van der Waals surface area contributed by atoms with Crippen molar-refractivity contribution in [2.45, 2.75) is 6.92 Å². The van der Waals surface area contributed by atoms with E-state index in [0.717, 1.165) is 0 Å². The van der Waals surface area contributed by atoms with Gasteiger partial charge in [0, 0.05) is 16.1 Å². The van der Waals surface area contributed by atoms with Gasteiger partial charge >= 0.3 is 0 Å². The summed E-state index contributed by atoms with van der Waals surface area (Å²) >= 11 is 6.09. The van der Waals surface area contributed by atoms with Crippen molar-refractivity contribution < 1.29 is 9.60 Å². The van der Waals surface area contributed by atoms with Crippen molar-refractivity contribution in [1.82, 2.24) is 0 Å². The van der Waals surface area contributed by atoms with Gasteiger partial charge in [-0.25, -0.2) is 9.38 Å². The van der Waals surface area contributed by atoms with Gasteiger partial charge in [0.05, 0.1) is 29.4 Å². The second-order valence-corrected chi connectivity index (χ2v) is 5.49. The second-order valence-electron chi connectivity index (χ2n) is 5.05. The lowest BCUT2D eigenvalue weighted by atomic mass is 10.0. The Bertz CT molecular complexity index is 859. The maximum absolute atomic E-state index is 14.2. The average Bonchev–Trinajstić information content (AvgIpc) is 2.74. The van der Waals surface area contributed by atoms with E-state index >= 15 is 0 Å². The molecule has 1 N–H and O–H groups in total. The molecular weight excluding hydrogens is 317 g/mol. The van der Waals surface area contributed by atoms with Gasteiger partial charge in [0.15, 0.2) is 0 Å². The zero-order chi connectivity index (χ0) is 16.4. The molecule has 116 valence electrons. The zero-order valence-electron chi connectivity index (χ0n) is 12.3. The molecule has 0 amide bonds. The minimum absolute atomic E-state index is 0.186. The highest BCUT2D eigenvalue weighted by Crippen LogP contribution is 2.29. The van der Waals surface area contributed by atoms with Crippen LogP contribution in [-0.2, 0) is 0 Å². The molecule has 6 heteroatoms. The first-order chi connectivity index (χ1) is 11.1. The quantitative estimate of drug-likeness (QED) is 0.499. The van der Waals surface area contributed by atoms with Gasteiger partial charge in [-0.1, -0.05) is 28.9 Å². The van der Waals surface area contributed by atoms with Crippen LogP contribution in [0.3, 0.4) is 0 Å². The molecule has 0 saturated heterocycles. The highest BCUT2D eigenvalue weighted by atomic mass is 35.5. The Kier molecular flexibility index (Phi) is 4.21. The van der Waals surface area contributed by atoms with E-state index in [-0.39, 0.29) is 12.4 Å². The van der Waals surface area contributed by atoms with Crippen molar-refractivity contribution >= 4 is 34.4 Å². The summed E-state index contributed by atoms with van der Waals surface area (Å²) < 4.78 is 14.2. The predicted molar refractivity (Wildman–Crippen MR) is 90.3 cm³/mol. The van der Waals surface area contributed by atoms with Crippen LogP contribution in [0.5, 0.6) is 0 Å². The molecule has 4 nitrogen and oxygen atoms in total. The second kappa shape index (κ2) is 6.30. The monoisotopic (exact) mass is 329 g/mol. The van der Waals surface area contributed by atoms with Crippen LogP contribution in [0, 0.1) is 5.82 Å². The summed E-state index contributed by atoms with van der Waals surface area (Å²) in [6.45, 7) is 1.82. The van der Waals surface area contributed by atoms with Crippen LogP contribution in [0.25, 0.3) is 0 Å². The zero-order valence-corrected chi connectivity index (χ0v) is 13.0. The van der Waals surface area contributed by atoms with E-state index in [9.17, 15) is 4.39 Å². The van der Waals surface area contributed by atoms with E-state index in [2.05, 4.69) is 15.1 Å². The minimum atomic E-state index is -0.367. The predicted octanol–water partition coefficient (Wildman–Crippen LogP) is 4.25. The number of aliphatic imine (C=N–C) groups is 2. The summed E-state index contributed by atoms with van der Waals surface area (Å²) in [5, 5.41) is 12.7. The van der Waals surface area contributed by atoms with Crippen molar-refractivity contribution in [3.63, 3.8) is 0 Å². The number of hydrogen-bond acceptors (Lipinski definition) is 4. The van der Waals surface area contributed by atoms with Crippen molar-refractivity contribution in [3.8, 4) is 0 Å². The maximum Gasteiger partial charge on any atom is 0.132 e. The molecule has 0 aromatic heterocycles. The smallest absolute Gasteiger partial charge is 0.132 e. The molecule has 1 heterocycles. The maximum atomic E-state index is 14.2. The number of benzene rings is 2. The Morgan fingerprint density at radius 1 is 1.22 bits per heavy atom. The molecule has 1 aliphatic heterocycles. The largest absolute Gasteiger partial charge is 0.411 e. The third kappa shape index (κ3) is 3.00. The molecule has 0 atom stereocenters. The Morgan fingerprint density at radius 2 is 2.00 bits per heavy atom. The number of rotatable bonds is 2. The van der Waals surface area contributed by atoms with Crippen LogP contribution >= 0.6 is 11.6 Å². The fourth-order valence-corrected chi connectivity index (χ4v) is 2.52. The molecule has 0 unspecified atom stereocenters. The first-order valence-electron chi connectivity index (χ1n) is 6.96. The van der Waals surface area contributed by atoms with E-state index in [1.165, 1.54) is 6.07 Å². The summed E-state index contributed by atoms with van der Waals surface area (Å²) in [6.07, 6.45) is 0. The molecule has 23 heavy (non-hydrogen) atoms. The molecule has 0 radical (unpaired) electrons. The van der Waals surface area contributed by atoms with E-state index in [1.54, 1.807) is 43.3 Å². The van der Waals surface area contributed by atoms with Crippen LogP contribution in [0.1, 0.15) is 18.1 Å². The topological polar surface area (TPSA) is 57.3 Å². The summed E-state index contributed by atoms with van der Waals surface area (Å²) in [7, 11) is 0. The Labute approximate surface area is 137 Å². The molecule has 3 rings (SSSR count). The number of hydrogen-bond donors (Lipinski definition) is 1. The van der Waals surface area contributed by atoms with Gasteiger partial charge in [-0.2, -0.15) is 0 Å². The Balaban J connectivity index is 2.23. The summed E-state index contributed by atoms with van der Waals surface area (Å²) in [4.78, 5) is 8.97. The van der Waals surface area contributed by atoms with E-state index < -0.39 is 0 Å². The SMILES string of the molecule is CC(=NO)C1=Nc2ccc(Cl)cc2C(c2ccccc2F)=NC1. The minimum Gasteiger partial charge on any atom is -0.411 e. The Hall–Kier alpha value is -2.53.